The van der Waals surface area contributed by atoms with Crippen LogP contribution in [0.3, 0.4) is 0 Å². The molecule has 3 rings (SSSR count). The van der Waals surface area contributed by atoms with Crippen molar-refractivity contribution >= 4 is 0 Å². The molecule has 108 valence electrons. The maximum absolute atomic E-state index is 9.41. The topological polar surface area (TPSA) is 84.0 Å². The first-order chi connectivity index (χ1) is 10.7. The standard InChI is InChI=1S/C16H12N4O2/c1-22-15-5-3-2-4-13(15)16-14(10-17)18-19-20(16)11-6-8-12(21)9-7-11/h2-9,21H,1H3. The fourth-order valence-corrected chi connectivity index (χ4v) is 2.21. The SMILES string of the molecule is COc1ccccc1-c1c(C#N)nnn1-c1ccc(O)cc1. The maximum atomic E-state index is 9.41. The molecule has 6 heteroatoms. The molecule has 0 aliphatic carbocycles. The van der Waals surface area contributed by atoms with Crippen molar-refractivity contribution in [3.05, 3.63) is 54.2 Å². The Balaban J connectivity index is 2.25. The van der Waals surface area contributed by atoms with Gasteiger partial charge in [0, 0.05) is 5.56 Å². The van der Waals surface area contributed by atoms with Gasteiger partial charge in [0.1, 0.15) is 23.3 Å². The van der Waals surface area contributed by atoms with E-state index in [0.717, 1.165) is 5.56 Å². The van der Waals surface area contributed by atoms with Gasteiger partial charge in [-0.15, -0.1) is 5.10 Å². The van der Waals surface area contributed by atoms with Crippen molar-refractivity contribution in [1.82, 2.24) is 15.0 Å². The normalized spacial score (nSPS) is 10.2. The molecule has 0 aliphatic rings. The Bertz CT molecular complexity index is 847. The highest BCUT2D eigenvalue weighted by molar-refractivity contribution is 5.72. The number of hydrogen-bond donors (Lipinski definition) is 1. The second kappa shape index (κ2) is 5.58. The molecule has 0 spiro atoms. The lowest BCUT2D eigenvalue weighted by Gasteiger charge is -2.10. The summed E-state index contributed by atoms with van der Waals surface area (Å²) in [7, 11) is 1.57. The summed E-state index contributed by atoms with van der Waals surface area (Å²) in [6, 6.07) is 15.9. The summed E-state index contributed by atoms with van der Waals surface area (Å²) in [5, 5.41) is 26.7. The number of phenols is 1. The van der Waals surface area contributed by atoms with Crippen molar-refractivity contribution in [1.29, 1.82) is 5.26 Å². The highest BCUT2D eigenvalue weighted by atomic mass is 16.5. The van der Waals surface area contributed by atoms with Crippen molar-refractivity contribution in [2.24, 2.45) is 0 Å². The average Bonchev–Trinajstić information content (AvgIpc) is 2.99. The second-order valence-electron chi connectivity index (χ2n) is 4.53. The molecular weight excluding hydrogens is 280 g/mol. The fourth-order valence-electron chi connectivity index (χ4n) is 2.21. The Kier molecular flexibility index (Phi) is 3.46. The molecule has 0 saturated carbocycles. The highest BCUT2D eigenvalue weighted by Gasteiger charge is 2.19. The van der Waals surface area contributed by atoms with Crippen LogP contribution in [-0.2, 0) is 0 Å². The van der Waals surface area contributed by atoms with Crippen molar-refractivity contribution < 1.29 is 9.84 Å². The summed E-state index contributed by atoms with van der Waals surface area (Å²) >= 11 is 0. The monoisotopic (exact) mass is 292 g/mol. The number of rotatable bonds is 3. The van der Waals surface area contributed by atoms with Crippen molar-refractivity contribution in [2.45, 2.75) is 0 Å². The number of aromatic nitrogens is 3. The number of para-hydroxylation sites is 1. The van der Waals surface area contributed by atoms with Gasteiger partial charge in [0.2, 0.25) is 0 Å². The molecule has 6 nitrogen and oxygen atoms in total. The largest absolute Gasteiger partial charge is 0.508 e. The number of nitrogens with zero attached hydrogens (tertiary/aromatic N) is 4. The number of nitriles is 1. The van der Waals surface area contributed by atoms with Crippen LogP contribution in [0.2, 0.25) is 0 Å². The predicted octanol–water partition coefficient (Wildman–Crippen LogP) is 2.52. The average molecular weight is 292 g/mol. The Hall–Kier alpha value is -3.33. The third kappa shape index (κ3) is 2.25. The molecule has 0 fully saturated rings. The molecule has 1 aromatic heterocycles. The Morgan fingerprint density at radius 3 is 2.55 bits per heavy atom. The second-order valence-corrected chi connectivity index (χ2v) is 4.53. The van der Waals surface area contributed by atoms with E-state index in [-0.39, 0.29) is 11.4 Å². The van der Waals surface area contributed by atoms with E-state index in [2.05, 4.69) is 10.3 Å². The van der Waals surface area contributed by atoms with E-state index in [1.165, 1.54) is 0 Å². The number of ether oxygens (including phenoxy) is 1. The van der Waals surface area contributed by atoms with E-state index < -0.39 is 0 Å². The van der Waals surface area contributed by atoms with Gasteiger partial charge in [-0.2, -0.15) is 5.26 Å². The smallest absolute Gasteiger partial charge is 0.191 e. The lowest BCUT2D eigenvalue weighted by molar-refractivity contribution is 0.416. The molecule has 0 saturated heterocycles. The summed E-state index contributed by atoms with van der Waals surface area (Å²) in [6.45, 7) is 0. The third-order valence-electron chi connectivity index (χ3n) is 3.23. The van der Waals surface area contributed by atoms with Gasteiger partial charge in [0.15, 0.2) is 5.69 Å². The molecule has 2 aromatic carbocycles. The molecule has 1 heterocycles. The number of methoxy groups -OCH3 is 1. The molecule has 3 aromatic rings. The van der Waals surface area contributed by atoms with E-state index in [0.29, 0.717) is 17.1 Å². The van der Waals surface area contributed by atoms with Gasteiger partial charge >= 0.3 is 0 Å². The first-order valence-electron chi connectivity index (χ1n) is 6.53. The Morgan fingerprint density at radius 1 is 1.14 bits per heavy atom. The van der Waals surface area contributed by atoms with Crippen LogP contribution in [0.1, 0.15) is 5.69 Å². The van der Waals surface area contributed by atoms with E-state index in [4.69, 9.17) is 4.74 Å². The summed E-state index contributed by atoms with van der Waals surface area (Å²) in [5.41, 5.74) is 2.16. The van der Waals surface area contributed by atoms with Gasteiger partial charge in [0.05, 0.1) is 12.8 Å². The Labute approximate surface area is 126 Å². The summed E-state index contributed by atoms with van der Waals surface area (Å²) in [4.78, 5) is 0. The van der Waals surface area contributed by atoms with Crippen LogP contribution in [0.4, 0.5) is 0 Å². The summed E-state index contributed by atoms with van der Waals surface area (Å²) in [5.74, 6) is 0.782. The lowest BCUT2D eigenvalue weighted by atomic mass is 10.1. The van der Waals surface area contributed by atoms with Crippen LogP contribution in [-0.4, -0.2) is 27.2 Å². The zero-order valence-electron chi connectivity index (χ0n) is 11.8. The van der Waals surface area contributed by atoms with Crippen LogP contribution in [0.25, 0.3) is 16.9 Å². The maximum Gasteiger partial charge on any atom is 0.191 e. The quantitative estimate of drug-likeness (QED) is 0.802. The van der Waals surface area contributed by atoms with Crippen molar-refractivity contribution in [3.8, 4) is 34.5 Å². The zero-order valence-corrected chi connectivity index (χ0v) is 11.8. The van der Waals surface area contributed by atoms with Crippen LogP contribution in [0.5, 0.6) is 11.5 Å². The van der Waals surface area contributed by atoms with Crippen LogP contribution in [0, 0.1) is 11.3 Å². The molecule has 1 N–H and O–H groups in total. The van der Waals surface area contributed by atoms with Gasteiger partial charge in [-0.25, -0.2) is 4.68 Å². The minimum atomic E-state index is 0.156. The molecule has 0 bridgehead atoms. The first-order valence-corrected chi connectivity index (χ1v) is 6.53. The van der Waals surface area contributed by atoms with E-state index in [9.17, 15) is 10.4 Å². The van der Waals surface area contributed by atoms with Gasteiger partial charge in [-0.1, -0.05) is 17.3 Å². The molecule has 0 atom stereocenters. The number of aromatic hydroxyl groups is 1. The highest BCUT2D eigenvalue weighted by Crippen LogP contribution is 2.32. The van der Waals surface area contributed by atoms with E-state index in [1.54, 1.807) is 36.1 Å². The fraction of sp³-hybridized carbons (Fsp3) is 0.0625. The number of benzene rings is 2. The summed E-state index contributed by atoms with van der Waals surface area (Å²) in [6.07, 6.45) is 0. The molecule has 22 heavy (non-hydrogen) atoms. The third-order valence-corrected chi connectivity index (χ3v) is 3.23. The Morgan fingerprint density at radius 2 is 1.86 bits per heavy atom. The van der Waals surface area contributed by atoms with Gasteiger partial charge < -0.3 is 9.84 Å². The molecule has 0 amide bonds. The zero-order chi connectivity index (χ0) is 15.5. The minimum absolute atomic E-state index is 0.156. The number of phenolic OH excluding ortho intramolecular Hbond substituents is 1. The molecule has 0 unspecified atom stereocenters. The molecule has 0 aliphatic heterocycles. The van der Waals surface area contributed by atoms with E-state index >= 15 is 0 Å². The van der Waals surface area contributed by atoms with Crippen LogP contribution in [0.15, 0.2) is 48.5 Å². The first kappa shape index (κ1) is 13.6. The van der Waals surface area contributed by atoms with Gasteiger partial charge in [0.25, 0.3) is 0 Å². The lowest BCUT2D eigenvalue weighted by Crippen LogP contribution is -2.00. The number of hydrogen-bond acceptors (Lipinski definition) is 5. The molecular formula is C16H12N4O2. The summed E-state index contributed by atoms with van der Waals surface area (Å²) < 4.78 is 6.91. The predicted molar refractivity (Wildman–Crippen MR) is 79.7 cm³/mol. The molecule has 0 radical (unpaired) electrons. The van der Waals surface area contributed by atoms with Crippen LogP contribution < -0.4 is 4.74 Å². The minimum Gasteiger partial charge on any atom is -0.508 e. The van der Waals surface area contributed by atoms with Crippen LogP contribution >= 0.6 is 0 Å². The van der Waals surface area contributed by atoms with Crippen molar-refractivity contribution in [2.75, 3.05) is 7.11 Å². The van der Waals surface area contributed by atoms with Gasteiger partial charge in [-0.3, -0.25) is 0 Å². The van der Waals surface area contributed by atoms with Crippen molar-refractivity contribution in [3.63, 3.8) is 0 Å². The van der Waals surface area contributed by atoms with Gasteiger partial charge in [-0.05, 0) is 36.4 Å². The van der Waals surface area contributed by atoms with E-state index in [1.807, 2.05) is 30.3 Å².